The highest BCUT2D eigenvalue weighted by atomic mass is 32.3. The maximum atomic E-state index is 8.74. The Bertz CT molecular complexity index is 588. The quantitative estimate of drug-likeness (QED) is 0.349. The number of aliphatic imine (C=N–C) groups is 1. The monoisotopic (exact) mass is 303 g/mol. The van der Waals surface area contributed by atoms with E-state index in [1.165, 1.54) is 11.1 Å². The van der Waals surface area contributed by atoms with E-state index >= 15 is 0 Å². The van der Waals surface area contributed by atoms with Crippen LogP contribution in [0.4, 0.5) is 0 Å². The van der Waals surface area contributed by atoms with Gasteiger partial charge in [0.15, 0.2) is 5.96 Å². The molecular weight excluding hydrogens is 286 g/mol. The average Bonchev–Trinajstić information content (AvgIpc) is 2.68. The summed E-state index contributed by atoms with van der Waals surface area (Å²) in [6.07, 6.45) is 1.98. The average molecular weight is 303 g/mol. The first-order valence-electron chi connectivity index (χ1n) is 5.66. The van der Waals surface area contributed by atoms with Crippen molar-refractivity contribution in [2.45, 2.75) is 18.9 Å². The molecule has 9 heteroatoms. The Morgan fingerprint density at radius 2 is 2.00 bits per heavy atom. The lowest BCUT2D eigenvalue weighted by Crippen LogP contribution is -2.23. The number of ether oxygens (including phenoxy) is 1. The van der Waals surface area contributed by atoms with Crippen LogP contribution in [0.1, 0.15) is 23.6 Å². The van der Waals surface area contributed by atoms with Crippen molar-refractivity contribution in [1.82, 2.24) is 0 Å². The van der Waals surface area contributed by atoms with E-state index < -0.39 is 10.4 Å². The molecule has 0 saturated heterocycles. The molecule has 0 radical (unpaired) electrons. The third-order valence-corrected chi connectivity index (χ3v) is 2.70. The second kappa shape index (κ2) is 6.55. The lowest BCUT2D eigenvalue weighted by Gasteiger charge is -2.07. The third kappa shape index (κ3) is 5.43. The first kappa shape index (κ1) is 16.2. The summed E-state index contributed by atoms with van der Waals surface area (Å²) < 4.78 is 36.8. The molecule has 0 saturated carbocycles. The van der Waals surface area contributed by atoms with Crippen molar-refractivity contribution in [2.75, 3.05) is 7.11 Å². The van der Waals surface area contributed by atoms with E-state index in [1.54, 1.807) is 7.11 Å². The van der Waals surface area contributed by atoms with Crippen molar-refractivity contribution in [3.05, 3.63) is 29.3 Å². The largest absolute Gasteiger partial charge is 0.497 e. The summed E-state index contributed by atoms with van der Waals surface area (Å²) in [5.74, 6) is 1.04. The van der Waals surface area contributed by atoms with Gasteiger partial charge in [0, 0.05) is 0 Å². The number of methoxy groups -OCH3 is 1. The second-order valence-corrected chi connectivity index (χ2v) is 5.02. The fourth-order valence-electron chi connectivity index (χ4n) is 2.01. The highest BCUT2D eigenvalue weighted by Gasteiger charge is 2.22. The van der Waals surface area contributed by atoms with E-state index in [-0.39, 0.29) is 12.0 Å². The summed E-state index contributed by atoms with van der Waals surface area (Å²) in [6.45, 7) is 0. The molecule has 0 amide bonds. The number of benzene rings is 1. The Hall–Kier alpha value is -1.84. The second-order valence-electron chi connectivity index (χ2n) is 4.12. The first-order valence-corrected chi connectivity index (χ1v) is 7.06. The summed E-state index contributed by atoms with van der Waals surface area (Å²) >= 11 is 0. The minimum Gasteiger partial charge on any atom is -0.497 e. The number of nitrogens with two attached hydrogens (primary N) is 2. The molecule has 6 N–H and O–H groups in total. The molecule has 1 aromatic rings. The molecule has 1 aliphatic carbocycles. The van der Waals surface area contributed by atoms with Gasteiger partial charge in [-0.05, 0) is 36.1 Å². The van der Waals surface area contributed by atoms with Gasteiger partial charge in [-0.2, -0.15) is 8.42 Å². The zero-order valence-electron chi connectivity index (χ0n) is 10.9. The van der Waals surface area contributed by atoms with Crippen LogP contribution in [0.2, 0.25) is 0 Å². The normalized spacial score (nSPS) is 16.6. The molecule has 8 nitrogen and oxygen atoms in total. The summed E-state index contributed by atoms with van der Waals surface area (Å²) in [6, 6.07) is 6.16. The zero-order valence-corrected chi connectivity index (χ0v) is 11.7. The zero-order chi connectivity index (χ0) is 15.3. The maximum absolute atomic E-state index is 8.74. The molecule has 0 aromatic heterocycles. The molecule has 112 valence electrons. The summed E-state index contributed by atoms with van der Waals surface area (Å²) in [5, 5.41) is 0. The van der Waals surface area contributed by atoms with Gasteiger partial charge in [-0.1, -0.05) is 6.07 Å². The van der Waals surface area contributed by atoms with E-state index in [9.17, 15) is 0 Å². The van der Waals surface area contributed by atoms with E-state index in [1.807, 2.05) is 12.1 Å². The lowest BCUT2D eigenvalue weighted by molar-refractivity contribution is 0.381. The van der Waals surface area contributed by atoms with Crippen molar-refractivity contribution in [2.24, 2.45) is 16.5 Å². The minimum atomic E-state index is -4.67. The minimum absolute atomic E-state index is 0.121. The van der Waals surface area contributed by atoms with Crippen molar-refractivity contribution in [3.63, 3.8) is 0 Å². The van der Waals surface area contributed by atoms with Crippen LogP contribution < -0.4 is 16.2 Å². The fraction of sp³-hybridized carbons (Fsp3) is 0.364. The molecule has 20 heavy (non-hydrogen) atoms. The van der Waals surface area contributed by atoms with Crippen LogP contribution in [0.25, 0.3) is 0 Å². The Morgan fingerprint density at radius 1 is 1.40 bits per heavy atom. The molecule has 1 unspecified atom stereocenters. The number of guanidine groups is 1. The van der Waals surface area contributed by atoms with E-state index in [2.05, 4.69) is 11.1 Å². The van der Waals surface area contributed by atoms with Crippen molar-refractivity contribution < 1.29 is 22.3 Å². The van der Waals surface area contributed by atoms with Crippen molar-refractivity contribution >= 4 is 16.4 Å². The van der Waals surface area contributed by atoms with Gasteiger partial charge >= 0.3 is 10.4 Å². The number of rotatable bonds is 2. The van der Waals surface area contributed by atoms with Crippen LogP contribution in [0, 0.1) is 0 Å². The Labute approximate surface area is 117 Å². The molecule has 0 bridgehead atoms. The van der Waals surface area contributed by atoms with Crippen LogP contribution in [0.5, 0.6) is 5.75 Å². The summed E-state index contributed by atoms with van der Waals surface area (Å²) in [4.78, 5) is 4.20. The number of hydrogen-bond acceptors (Lipinski definition) is 4. The third-order valence-electron chi connectivity index (χ3n) is 2.70. The Balaban J connectivity index is 0.000000347. The predicted molar refractivity (Wildman–Crippen MR) is 74.0 cm³/mol. The van der Waals surface area contributed by atoms with Gasteiger partial charge in [0.05, 0.1) is 13.2 Å². The highest BCUT2D eigenvalue weighted by Crippen LogP contribution is 2.35. The molecule has 0 spiro atoms. The molecule has 0 aliphatic heterocycles. The number of hydrogen-bond donors (Lipinski definition) is 4. The topological polar surface area (TPSA) is 148 Å². The van der Waals surface area contributed by atoms with Gasteiger partial charge in [-0.15, -0.1) is 0 Å². The van der Waals surface area contributed by atoms with Crippen LogP contribution in [-0.4, -0.2) is 30.6 Å². The molecule has 0 heterocycles. The first-order chi connectivity index (χ1) is 9.20. The van der Waals surface area contributed by atoms with Crippen LogP contribution in [0.3, 0.4) is 0 Å². The summed E-state index contributed by atoms with van der Waals surface area (Å²) in [7, 11) is -3.00. The van der Waals surface area contributed by atoms with Crippen molar-refractivity contribution in [1.29, 1.82) is 0 Å². The van der Waals surface area contributed by atoms with Crippen LogP contribution in [-0.2, 0) is 16.8 Å². The summed E-state index contributed by atoms with van der Waals surface area (Å²) in [5.41, 5.74) is 13.3. The van der Waals surface area contributed by atoms with Crippen molar-refractivity contribution in [3.8, 4) is 5.75 Å². The smallest absolute Gasteiger partial charge is 0.394 e. The molecule has 1 aromatic carbocycles. The fourth-order valence-corrected chi connectivity index (χ4v) is 2.01. The van der Waals surface area contributed by atoms with Crippen LogP contribution >= 0.6 is 0 Å². The van der Waals surface area contributed by atoms with Gasteiger partial charge in [-0.3, -0.25) is 9.11 Å². The lowest BCUT2D eigenvalue weighted by atomic mass is 10.1. The number of fused-ring (bicyclic) bond motifs is 1. The number of nitrogens with zero attached hydrogens (tertiary/aromatic N) is 1. The standard InChI is InChI=1S/C11H15N3O.H2O4S/c1-15-8-3-4-9-7(6-8)2-5-10(9)14-11(12)13;1-5(2,3)4/h3-4,6,10H,2,5H2,1H3,(H4,12,13,14);(H2,1,2,3,4). The molecule has 0 fully saturated rings. The van der Waals surface area contributed by atoms with Gasteiger partial charge < -0.3 is 16.2 Å². The highest BCUT2D eigenvalue weighted by molar-refractivity contribution is 7.79. The van der Waals surface area contributed by atoms with E-state index in [0.717, 1.165) is 18.6 Å². The Kier molecular flexibility index (Phi) is 5.31. The maximum Gasteiger partial charge on any atom is 0.394 e. The molecule has 1 aliphatic rings. The SMILES string of the molecule is COc1ccc2c(c1)CCC2N=C(N)N.O=S(=O)(O)O. The Morgan fingerprint density at radius 3 is 2.50 bits per heavy atom. The van der Waals surface area contributed by atoms with Gasteiger partial charge in [0.25, 0.3) is 0 Å². The number of aryl methyl sites for hydroxylation is 1. The van der Waals surface area contributed by atoms with E-state index in [0.29, 0.717) is 0 Å². The molecular formula is C11H17N3O5S. The molecule has 1 atom stereocenters. The van der Waals surface area contributed by atoms with Gasteiger partial charge in [-0.25, -0.2) is 4.99 Å². The van der Waals surface area contributed by atoms with Crippen LogP contribution in [0.15, 0.2) is 23.2 Å². The van der Waals surface area contributed by atoms with E-state index in [4.69, 9.17) is 33.7 Å². The van der Waals surface area contributed by atoms with Gasteiger partial charge in [0.2, 0.25) is 0 Å². The predicted octanol–water partition coefficient (Wildman–Crippen LogP) is 0.303. The van der Waals surface area contributed by atoms with Gasteiger partial charge in [0.1, 0.15) is 5.75 Å². The molecule has 2 rings (SSSR count).